The van der Waals surface area contributed by atoms with Crippen molar-refractivity contribution in [3.63, 3.8) is 0 Å². The quantitative estimate of drug-likeness (QED) is 0.741. The molecule has 0 radical (unpaired) electrons. The molecule has 9 heteroatoms. The van der Waals surface area contributed by atoms with Gasteiger partial charge >= 0.3 is 0 Å². The Morgan fingerprint density at radius 2 is 2.04 bits per heavy atom. The molecule has 0 saturated heterocycles. The number of nitrogens with one attached hydrogen (secondary N) is 1. The molecule has 28 heavy (non-hydrogen) atoms. The molecule has 3 aliphatic rings. The van der Waals surface area contributed by atoms with Gasteiger partial charge in [0, 0.05) is 12.0 Å². The molecule has 8 nitrogen and oxygen atoms in total. The van der Waals surface area contributed by atoms with Crippen LogP contribution in [0.25, 0.3) is 5.69 Å². The summed E-state index contributed by atoms with van der Waals surface area (Å²) in [6.45, 7) is 0. The van der Waals surface area contributed by atoms with Crippen LogP contribution >= 0.6 is 0 Å². The van der Waals surface area contributed by atoms with Crippen molar-refractivity contribution in [2.75, 3.05) is 4.90 Å². The normalized spacial score (nSPS) is 25.5. The van der Waals surface area contributed by atoms with Crippen LogP contribution in [0.1, 0.15) is 37.4 Å². The number of nitrogens with zero attached hydrogens (tertiary/aromatic N) is 7. The molecule has 3 aromatic rings. The summed E-state index contributed by atoms with van der Waals surface area (Å²) in [4.78, 5) is 6.56. The van der Waals surface area contributed by atoms with E-state index < -0.39 is 0 Å². The summed E-state index contributed by atoms with van der Waals surface area (Å²) in [7, 11) is 0. The molecule has 3 unspecified atom stereocenters. The van der Waals surface area contributed by atoms with Gasteiger partial charge in [-0.1, -0.05) is 30.2 Å². The molecule has 142 valence electrons. The van der Waals surface area contributed by atoms with Crippen molar-refractivity contribution in [1.29, 1.82) is 0 Å². The van der Waals surface area contributed by atoms with Crippen LogP contribution in [0.15, 0.2) is 48.1 Å². The lowest BCUT2D eigenvalue weighted by atomic mass is 9.80. The van der Waals surface area contributed by atoms with Gasteiger partial charge in [0.1, 0.15) is 23.5 Å². The van der Waals surface area contributed by atoms with Crippen molar-refractivity contribution in [2.45, 2.75) is 37.9 Å². The summed E-state index contributed by atoms with van der Waals surface area (Å²) >= 11 is 0. The Kier molecular flexibility index (Phi) is 3.32. The van der Waals surface area contributed by atoms with Gasteiger partial charge < -0.3 is 4.57 Å². The van der Waals surface area contributed by atoms with E-state index in [1.807, 2.05) is 12.5 Å². The minimum absolute atomic E-state index is 0.0862. The zero-order valence-electron chi connectivity index (χ0n) is 15.1. The van der Waals surface area contributed by atoms with Gasteiger partial charge in [0.05, 0.1) is 18.7 Å². The standard InChI is InChI=1S/C19H19FN8/c20-13-6-2-4-8-16(13)27-10-14(22-25-27)19-24-23-18-12-5-1-3-7-15(12)26-11-21-9-17(26)28(18)19/h2,4,6,8-12,15,18,23H,1,3,5,7H2. The van der Waals surface area contributed by atoms with E-state index in [0.29, 0.717) is 29.2 Å². The molecule has 2 aliphatic heterocycles. The molecule has 0 spiro atoms. The van der Waals surface area contributed by atoms with E-state index in [9.17, 15) is 4.39 Å². The van der Waals surface area contributed by atoms with E-state index in [-0.39, 0.29) is 12.0 Å². The maximum absolute atomic E-state index is 14.1. The first-order valence-corrected chi connectivity index (χ1v) is 9.63. The molecular formula is C19H19FN8. The second-order valence-corrected chi connectivity index (χ2v) is 7.55. The van der Waals surface area contributed by atoms with Gasteiger partial charge in [-0.2, -0.15) is 5.10 Å². The van der Waals surface area contributed by atoms with Crippen molar-refractivity contribution < 1.29 is 4.39 Å². The Balaban J connectivity index is 1.40. The summed E-state index contributed by atoms with van der Waals surface area (Å²) in [5, 5.41) is 13.0. The zero-order valence-corrected chi connectivity index (χ0v) is 15.1. The minimum atomic E-state index is -0.343. The lowest BCUT2D eigenvalue weighted by molar-refractivity contribution is 0.176. The fourth-order valence-corrected chi connectivity index (χ4v) is 4.80. The summed E-state index contributed by atoms with van der Waals surface area (Å²) < 4.78 is 17.8. The maximum Gasteiger partial charge on any atom is 0.185 e. The van der Waals surface area contributed by atoms with Gasteiger partial charge in [0.15, 0.2) is 11.5 Å². The third-order valence-corrected chi connectivity index (χ3v) is 6.07. The number of hydrogen-bond donors (Lipinski definition) is 1. The minimum Gasteiger partial charge on any atom is -0.314 e. The Morgan fingerprint density at radius 1 is 1.14 bits per heavy atom. The summed E-state index contributed by atoms with van der Waals surface area (Å²) in [6.07, 6.45) is 10.4. The lowest BCUT2D eigenvalue weighted by Crippen LogP contribution is -2.53. The van der Waals surface area contributed by atoms with Gasteiger partial charge in [-0.3, -0.25) is 10.3 Å². The SMILES string of the molecule is Fc1ccccc1-n1cc(C2=NNC3C4CCCCC4n4cncc4N23)nn1. The van der Waals surface area contributed by atoms with Gasteiger partial charge in [-0.15, -0.1) is 5.10 Å². The van der Waals surface area contributed by atoms with Crippen LogP contribution in [0.3, 0.4) is 0 Å². The van der Waals surface area contributed by atoms with Crippen molar-refractivity contribution in [3.05, 3.63) is 54.5 Å². The van der Waals surface area contributed by atoms with Crippen LogP contribution in [0.2, 0.25) is 0 Å². The lowest BCUT2D eigenvalue weighted by Gasteiger charge is -2.45. The number of benzene rings is 1. The Bertz CT molecular complexity index is 1070. The third kappa shape index (κ3) is 2.15. The molecule has 1 aliphatic carbocycles. The van der Waals surface area contributed by atoms with Gasteiger partial charge in [0.25, 0.3) is 0 Å². The van der Waals surface area contributed by atoms with E-state index in [2.05, 4.69) is 35.3 Å². The number of aromatic nitrogens is 5. The molecular weight excluding hydrogens is 359 g/mol. The number of halogens is 1. The number of rotatable bonds is 2. The van der Waals surface area contributed by atoms with E-state index in [4.69, 9.17) is 0 Å². The van der Waals surface area contributed by atoms with E-state index in [1.54, 1.807) is 24.4 Å². The highest BCUT2D eigenvalue weighted by Gasteiger charge is 2.47. The average molecular weight is 378 g/mol. The monoisotopic (exact) mass is 378 g/mol. The predicted octanol–water partition coefficient (Wildman–Crippen LogP) is 2.45. The number of imidazole rings is 1. The molecule has 0 amide bonds. The van der Waals surface area contributed by atoms with Crippen LogP contribution in [-0.4, -0.2) is 36.5 Å². The smallest absolute Gasteiger partial charge is 0.185 e. The molecule has 1 fully saturated rings. The molecule has 4 heterocycles. The van der Waals surface area contributed by atoms with Crippen LogP contribution in [0.4, 0.5) is 10.2 Å². The topological polar surface area (TPSA) is 76.2 Å². The van der Waals surface area contributed by atoms with Gasteiger partial charge in [-0.25, -0.2) is 14.1 Å². The summed E-state index contributed by atoms with van der Waals surface area (Å²) in [5.74, 6) is 1.82. The highest BCUT2D eigenvalue weighted by atomic mass is 19.1. The second-order valence-electron chi connectivity index (χ2n) is 7.55. The molecule has 1 aromatic carbocycles. The Hall–Kier alpha value is -3.23. The number of hydrazone groups is 1. The van der Waals surface area contributed by atoms with Crippen LogP contribution in [0.5, 0.6) is 0 Å². The van der Waals surface area contributed by atoms with E-state index in [1.165, 1.54) is 30.0 Å². The molecule has 6 rings (SSSR count). The summed E-state index contributed by atoms with van der Waals surface area (Å²) in [6, 6.07) is 6.96. The molecule has 2 aromatic heterocycles. The Morgan fingerprint density at radius 3 is 2.96 bits per heavy atom. The van der Waals surface area contributed by atoms with Crippen molar-refractivity contribution in [3.8, 4) is 5.69 Å². The number of para-hydroxylation sites is 1. The largest absolute Gasteiger partial charge is 0.314 e. The number of fused-ring (bicyclic) bond motifs is 6. The van der Waals surface area contributed by atoms with Crippen LogP contribution in [0, 0.1) is 11.7 Å². The maximum atomic E-state index is 14.1. The molecule has 0 bridgehead atoms. The van der Waals surface area contributed by atoms with Crippen molar-refractivity contribution in [2.24, 2.45) is 11.0 Å². The first-order valence-electron chi connectivity index (χ1n) is 9.63. The fraction of sp³-hybridized carbons (Fsp3) is 0.368. The first kappa shape index (κ1) is 15.8. The fourth-order valence-electron chi connectivity index (χ4n) is 4.80. The highest BCUT2D eigenvalue weighted by Crippen LogP contribution is 2.45. The Labute approximate surface area is 160 Å². The van der Waals surface area contributed by atoms with Crippen LogP contribution < -0.4 is 10.3 Å². The molecule has 1 N–H and O–H groups in total. The zero-order chi connectivity index (χ0) is 18.7. The predicted molar refractivity (Wildman–Crippen MR) is 100 cm³/mol. The molecule has 1 saturated carbocycles. The number of anilines is 1. The molecule has 3 atom stereocenters. The van der Waals surface area contributed by atoms with Crippen molar-refractivity contribution in [1.82, 2.24) is 30.0 Å². The van der Waals surface area contributed by atoms with E-state index in [0.717, 1.165) is 12.2 Å². The van der Waals surface area contributed by atoms with Gasteiger partial charge in [0.2, 0.25) is 0 Å². The average Bonchev–Trinajstić information content (AvgIpc) is 3.46. The highest BCUT2D eigenvalue weighted by molar-refractivity contribution is 6.09. The van der Waals surface area contributed by atoms with E-state index >= 15 is 0 Å². The van der Waals surface area contributed by atoms with Gasteiger partial charge in [-0.05, 0) is 25.0 Å². The summed E-state index contributed by atoms with van der Waals surface area (Å²) in [5.41, 5.74) is 4.28. The number of hydrogen-bond acceptors (Lipinski definition) is 6. The number of amidine groups is 1. The van der Waals surface area contributed by atoms with Crippen molar-refractivity contribution >= 4 is 11.7 Å². The first-order chi connectivity index (χ1) is 13.8. The van der Waals surface area contributed by atoms with Crippen LogP contribution in [-0.2, 0) is 0 Å². The second kappa shape index (κ2) is 5.88. The third-order valence-electron chi connectivity index (χ3n) is 6.07.